The van der Waals surface area contributed by atoms with Gasteiger partial charge in [0.05, 0.1) is 18.5 Å². The standard InChI is InChI=1S/C24H27N5O6/c1-35-20-7-5-18(6-8-20)26-11-13-27(14-12-26)22(30)16-21-23(31)25-9-10-28(21)24(32)17-3-2-4-19(15-17)29(33)34/h2-8,15,21H,9-14,16H2,1H3,(H,25,31)/t21-/m0/s1. The van der Waals surface area contributed by atoms with Gasteiger partial charge in [0.15, 0.2) is 0 Å². The van der Waals surface area contributed by atoms with Gasteiger partial charge in [-0.05, 0) is 30.3 Å². The Morgan fingerprint density at radius 3 is 2.46 bits per heavy atom. The van der Waals surface area contributed by atoms with Crippen molar-refractivity contribution in [3.63, 3.8) is 0 Å². The van der Waals surface area contributed by atoms with Crippen LogP contribution in [0.1, 0.15) is 16.8 Å². The largest absolute Gasteiger partial charge is 0.497 e. The SMILES string of the molecule is COc1ccc(N2CCN(C(=O)C[C@H]3C(=O)NCCN3C(=O)c3cccc([N+](=O)[O-])c3)CC2)cc1. The summed E-state index contributed by atoms with van der Waals surface area (Å²) in [6, 6.07) is 12.1. The van der Waals surface area contributed by atoms with Crippen molar-refractivity contribution in [1.82, 2.24) is 15.1 Å². The van der Waals surface area contributed by atoms with Gasteiger partial charge in [0, 0.05) is 62.7 Å². The van der Waals surface area contributed by atoms with E-state index in [-0.39, 0.29) is 36.7 Å². The van der Waals surface area contributed by atoms with Crippen molar-refractivity contribution in [2.45, 2.75) is 12.5 Å². The van der Waals surface area contributed by atoms with Gasteiger partial charge in [-0.25, -0.2) is 0 Å². The molecule has 35 heavy (non-hydrogen) atoms. The van der Waals surface area contributed by atoms with Crippen LogP contribution in [0, 0.1) is 10.1 Å². The van der Waals surface area contributed by atoms with Crippen LogP contribution in [-0.4, -0.2) is 84.9 Å². The number of carbonyl (C=O) groups excluding carboxylic acids is 3. The van der Waals surface area contributed by atoms with E-state index in [1.165, 1.54) is 29.2 Å². The van der Waals surface area contributed by atoms with Crippen LogP contribution >= 0.6 is 0 Å². The van der Waals surface area contributed by atoms with Crippen molar-refractivity contribution in [1.29, 1.82) is 0 Å². The summed E-state index contributed by atoms with van der Waals surface area (Å²) in [5.41, 5.74) is 0.942. The number of benzene rings is 2. The lowest BCUT2D eigenvalue weighted by Crippen LogP contribution is -2.59. The van der Waals surface area contributed by atoms with Gasteiger partial charge in [-0.2, -0.15) is 0 Å². The Kier molecular flexibility index (Phi) is 7.14. The van der Waals surface area contributed by atoms with Gasteiger partial charge >= 0.3 is 0 Å². The molecule has 2 fully saturated rings. The highest BCUT2D eigenvalue weighted by Crippen LogP contribution is 2.22. The molecule has 0 saturated carbocycles. The zero-order chi connectivity index (χ0) is 24.9. The molecule has 11 nitrogen and oxygen atoms in total. The van der Waals surface area contributed by atoms with Crippen LogP contribution in [0.4, 0.5) is 11.4 Å². The summed E-state index contributed by atoms with van der Waals surface area (Å²) in [5, 5.41) is 13.8. The van der Waals surface area contributed by atoms with E-state index < -0.39 is 22.8 Å². The van der Waals surface area contributed by atoms with Gasteiger partial charge in [0.25, 0.3) is 11.6 Å². The summed E-state index contributed by atoms with van der Waals surface area (Å²) in [7, 11) is 1.62. The first-order valence-electron chi connectivity index (χ1n) is 11.4. The van der Waals surface area contributed by atoms with Crippen molar-refractivity contribution in [2.24, 2.45) is 0 Å². The van der Waals surface area contributed by atoms with Crippen LogP contribution in [-0.2, 0) is 9.59 Å². The van der Waals surface area contributed by atoms with Gasteiger partial charge in [-0.3, -0.25) is 24.5 Å². The zero-order valence-electron chi connectivity index (χ0n) is 19.4. The molecule has 1 N–H and O–H groups in total. The third-order valence-corrected chi connectivity index (χ3v) is 6.33. The van der Waals surface area contributed by atoms with E-state index in [2.05, 4.69) is 10.2 Å². The summed E-state index contributed by atoms with van der Waals surface area (Å²) in [6.07, 6.45) is -0.144. The van der Waals surface area contributed by atoms with Gasteiger partial charge in [0.1, 0.15) is 11.8 Å². The topological polar surface area (TPSA) is 125 Å². The van der Waals surface area contributed by atoms with Gasteiger partial charge in [-0.15, -0.1) is 0 Å². The van der Waals surface area contributed by atoms with E-state index in [4.69, 9.17) is 4.74 Å². The first-order chi connectivity index (χ1) is 16.9. The fourth-order valence-electron chi connectivity index (χ4n) is 4.38. The number of rotatable bonds is 6. The highest BCUT2D eigenvalue weighted by molar-refractivity contribution is 6.00. The molecule has 2 aliphatic rings. The number of nitro benzene ring substituents is 1. The quantitative estimate of drug-likeness (QED) is 0.487. The number of ether oxygens (including phenoxy) is 1. The number of hydrogen-bond acceptors (Lipinski definition) is 7. The summed E-state index contributed by atoms with van der Waals surface area (Å²) in [6.45, 7) is 2.76. The van der Waals surface area contributed by atoms with E-state index in [1.807, 2.05) is 24.3 Å². The van der Waals surface area contributed by atoms with E-state index in [0.29, 0.717) is 26.2 Å². The Labute approximate surface area is 202 Å². The van der Waals surface area contributed by atoms with Gasteiger partial charge < -0.3 is 24.8 Å². The molecule has 4 rings (SSSR count). The van der Waals surface area contributed by atoms with Crippen LogP contribution in [0.25, 0.3) is 0 Å². The third-order valence-electron chi connectivity index (χ3n) is 6.33. The first-order valence-corrected chi connectivity index (χ1v) is 11.4. The Morgan fingerprint density at radius 1 is 1.09 bits per heavy atom. The molecule has 11 heteroatoms. The maximum atomic E-state index is 13.1. The average Bonchev–Trinajstić information content (AvgIpc) is 2.89. The fraction of sp³-hybridized carbons (Fsp3) is 0.375. The second-order valence-corrected chi connectivity index (χ2v) is 8.38. The van der Waals surface area contributed by atoms with E-state index >= 15 is 0 Å². The van der Waals surface area contributed by atoms with Crippen molar-refractivity contribution in [3.05, 3.63) is 64.2 Å². The van der Waals surface area contributed by atoms with Crippen LogP contribution in [0.3, 0.4) is 0 Å². The number of methoxy groups -OCH3 is 1. The minimum Gasteiger partial charge on any atom is -0.497 e. The van der Waals surface area contributed by atoms with E-state index in [0.717, 1.165) is 11.4 Å². The third kappa shape index (κ3) is 5.34. The number of carbonyl (C=O) groups is 3. The zero-order valence-corrected chi connectivity index (χ0v) is 19.4. The van der Waals surface area contributed by atoms with E-state index in [1.54, 1.807) is 12.0 Å². The molecule has 2 aromatic carbocycles. The Hall–Kier alpha value is -4.15. The Balaban J connectivity index is 1.40. The van der Waals surface area contributed by atoms with Crippen LogP contribution in [0.5, 0.6) is 5.75 Å². The summed E-state index contributed by atoms with van der Waals surface area (Å²) < 4.78 is 5.19. The number of non-ortho nitro benzene ring substituents is 1. The number of anilines is 1. The van der Waals surface area contributed by atoms with Crippen LogP contribution in [0.2, 0.25) is 0 Å². The summed E-state index contributed by atoms with van der Waals surface area (Å²) >= 11 is 0. The Morgan fingerprint density at radius 2 is 1.80 bits per heavy atom. The minimum absolute atomic E-state index is 0.111. The van der Waals surface area contributed by atoms with Crippen molar-refractivity contribution in [3.8, 4) is 5.75 Å². The lowest BCUT2D eigenvalue weighted by Gasteiger charge is -2.39. The number of nitrogens with one attached hydrogen (secondary N) is 1. The lowest BCUT2D eigenvalue weighted by molar-refractivity contribution is -0.384. The molecule has 3 amide bonds. The second kappa shape index (κ2) is 10.4. The monoisotopic (exact) mass is 481 g/mol. The summed E-state index contributed by atoms with van der Waals surface area (Å²) in [4.78, 5) is 54.5. The highest BCUT2D eigenvalue weighted by Gasteiger charge is 2.37. The molecule has 0 radical (unpaired) electrons. The van der Waals surface area contributed by atoms with Crippen molar-refractivity contribution < 1.29 is 24.0 Å². The Bertz CT molecular complexity index is 1110. The molecule has 2 heterocycles. The smallest absolute Gasteiger partial charge is 0.270 e. The second-order valence-electron chi connectivity index (χ2n) is 8.38. The molecule has 2 aliphatic heterocycles. The molecule has 1 atom stereocenters. The van der Waals surface area contributed by atoms with Crippen LogP contribution in [0.15, 0.2) is 48.5 Å². The molecule has 0 unspecified atom stereocenters. The van der Waals surface area contributed by atoms with Gasteiger partial charge in [-0.1, -0.05) is 6.07 Å². The molecule has 2 saturated heterocycles. The molecular weight excluding hydrogens is 454 g/mol. The van der Waals surface area contributed by atoms with Crippen molar-refractivity contribution >= 4 is 29.1 Å². The number of hydrogen-bond donors (Lipinski definition) is 1. The number of amides is 3. The molecule has 0 aromatic heterocycles. The van der Waals surface area contributed by atoms with E-state index in [9.17, 15) is 24.5 Å². The predicted octanol–water partition coefficient (Wildman–Crippen LogP) is 1.28. The predicted molar refractivity (Wildman–Crippen MR) is 127 cm³/mol. The highest BCUT2D eigenvalue weighted by atomic mass is 16.6. The lowest BCUT2D eigenvalue weighted by atomic mass is 10.0. The van der Waals surface area contributed by atoms with Gasteiger partial charge in [0.2, 0.25) is 11.8 Å². The average molecular weight is 482 g/mol. The minimum atomic E-state index is -0.970. The molecule has 2 aromatic rings. The number of piperazine rings is 2. The number of nitrogens with zero attached hydrogens (tertiary/aromatic N) is 4. The fourth-order valence-corrected chi connectivity index (χ4v) is 4.38. The van der Waals surface area contributed by atoms with Crippen molar-refractivity contribution in [2.75, 3.05) is 51.3 Å². The molecule has 0 aliphatic carbocycles. The molecule has 184 valence electrons. The molecule has 0 spiro atoms. The van der Waals surface area contributed by atoms with Crippen LogP contribution < -0.4 is 15.0 Å². The maximum absolute atomic E-state index is 13.1. The molecule has 0 bridgehead atoms. The summed E-state index contributed by atoms with van der Waals surface area (Å²) in [5.74, 6) is -0.346. The first kappa shape index (κ1) is 24.0. The normalized spacial score (nSPS) is 18.1. The molecular formula is C24H27N5O6. The number of nitro groups is 1. The maximum Gasteiger partial charge on any atom is 0.270 e.